The van der Waals surface area contributed by atoms with Crippen LogP contribution >= 0.6 is 46.0 Å². The molecule has 5 rings (SSSR count). The molecule has 1 heterocycles. The molecule has 4 aromatic rings. The number of nitrogens with zero attached hydrogens (tertiary/aromatic N) is 2. The number of hydrogen-bond donors (Lipinski definition) is 0. The predicted molar refractivity (Wildman–Crippen MR) is 174 cm³/mol. The number of thioether (sulfide) groups is 1. The summed E-state index contributed by atoms with van der Waals surface area (Å²) in [5, 5.41) is 1.29. The Balaban J connectivity index is 1.46. The molecule has 5 nitrogen and oxygen atoms in total. The normalized spacial score (nSPS) is 15.2. The van der Waals surface area contributed by atoms with Crippen molar-refractivity contribution in [3.05, 3.63) is 121 Å². The summed E-state index contributed by atoms with van der Waals surface area (Å²) >= 11 is 9.59. The number of aryl methyl sites for hydroxylation is 2. The van der Waals surface area contributed by atoms with E-state index in [4.69, 9.17) is 26.1 Å². The quantitative estimate of drug-likeness (QED) is 0.145. The Hall–Kier alpha value is -3.27. The van der Waals surface area contributed by atoms with Crippen molar-refractivity contribution >= 4 is 74.5 Å². The molecule has 0 radical (unpaired) electrons. The maximum atomic E-state index is 13.7. The van der Waals surface area contributed by atoms with Crippen LogP contribution in [0.2, 0.25) is 5.02 Å². The molecule has 0 atom stereocenters. The first-order chi connectivity index (χ1) is 19.3. The van der Waals surface area contributed by atoms with Crippen molar-refractivity contribution in [2.24, 2.45) is 4.99 Å². The number of carbonyl (C=O) groups is 1. The summed E-state index contributed by atoms with van der Waals surface area (Å²) in [5.41, 5.74) is 5.66. The summed E-state index contributed by atoms with van der Waals surface area (Å²) in [7, 11) is 1.61. The average molecular weight is 681 g/mol. The highest BCUT2D eigenvalue weighted by Gasteiger charge is 2.35. The van der Waals surface area contributed by atoms with Crippen LogP contribution in [0.15, 0.2) is 94.8 Å². The summed E-state index contributed by atoms with van der Waals surface area (Å²) in [6.45, 7) is 4.44. The molecule has 8 heteroatoms. The number of carbonyl (C=O) groups excluding carboxylic acids is 1. The van der Waals surface area contributed by atoms with E-state index in [1.807, 2.05) is 105 Å². The van der Waals surface area contributed by atoms with Crippen molar-refractivity contribution in [3.8, 4) is 11.5 Å². The first-order valence-electron chi connectivity index (χ1n) is 12.5. The van der Waals surface area contributed by atoms with Gasteiger partial charge in [-0.25, -0.2) is 4.99 Å². The number of rotatable bonds is 7. The molecule has 0 bridgehead atoms. The molecule has 0 unspecified atom stereocenters. The van der Waals surface area contributed by atoms with Crippen LogP contribution in [0.5, 0.6) is 11.5 Å². The number of anilines is 1. The third-order valence-electron chi connectivity index (χ3n) is 6.20. The highest BCUT2D eigenvalue weighted by Crippen LogP contribution is 2.40. The second-order valence-corrected chi connectivity index (χ2v) is 11.9. The molecule has 0 aromatic heterocycles. The van der Waals surface area contributed by atoms with Gasteiger partial charge < -0.3 is 9.47 Å². The smallest absolute Gasteiger partial charge is 0.271 e. The van der Waals surface area contributed by atoms with E-state index >= 15 is 0 Å². The summed E-state index contributed by atoms with van der Waals surface area (Å²) in [6, 6.07) is 27.2. The monoisotopic (exact) mass is 680 g/mol. The Kier molecular flexibility index (Phi) is 8.83. The van der Waals surface area contributed by atoms with Gasteiger partial charge in [0.25, 0.3) is 5.91 Å². The average Bonchev–Trinajstić information content (AvgIpc) is 3.24. The topological polar surface area (TPSA) is 51.1 Å². The lowest BCUT2D eigenvalue weighted by atomic mass is 10.1. The van der Waals surface area contributed by atoms with E-state index in [0.29, 0.717) is 33.2 Å². The Labute approximate surface area is 257 Å². The molecule has 1 amide bonds. The summed E-state index contributed by atoms with van der Waals surface area (Å²) < 4.78 is 12.7. The number of hydrogen-bond acceptors (Lipinski definition) is 5. The minimum absolute atomic E-state index is 0.128. The van der Waals surface area contributed by atoms with E-state index in [1.165, 1.54) is 11.8 Å². The van der Waals surface area contributed by atoms with E-state index in [-0.39, 0.29) is 5.91 Å². The van der Waals surface area contributed by atoms with Gasteiger partial charge in [0.15, 0.2) is 16.7 Å². The minimum atomic E-state index is -0.128. The largest absolute Gasteiger partial charge is 0.493 e. The van der Waals surface area contributed by atoms with Crippen LogP contribution in [0, 0.1) is 17.4 Å². The lowest BCUT2D eigenvalue weighted by Crippen LogP contribution is -2.28. The van der Waals surface area contributed by atoms with Crippen molar-refractivity contribution in [3.63, 3.8) is 0 Å². The Bertz CT molecular complexity index is 1600. The number of aliphatic imine (C=N–C) groups is 1. The van der Waals surface area contributed by atoms with E-state index in [9.17, 15) is 4.79 Å². The minimum Gasteiger partial charge on any atom is -0.493 e. The van der Waals surface area contributed by atoms with E-state index in [1.54, 1.807) is 12.0 Å². The van der Waals surface area contributed by atoms with Gasteiger partial charge in [0.1, 0.15) is 6.61 Å². The molecule has 202 valence electrons. The van der Waals surface area contributed by atoms with E-state index < -0.39 is 0 Å². The number of halogens is 2. The molecule has 0 spiro atoms. The Morgan fingerprint density at radius 2 is 1.60 bits per heavy atom. The third-order valence-corrected chi connectivity index (χ3v) is 8.23. The molecule has 4 aromatic carbocycles. The van der Waals surface area contributed by atoms with E-state index in [2.05, 4.69) is 22.6 Å². The van der Waals surface area contributed by atoms with Crippen LogP contribution in [-0.2, 0) is 11.4 Å². The van der Waals surface area contributed by atoms with E-state index in [0.717, 1.165) is 37.2 Å². The zero-order valence-electron chi connectivity index (χ0n) is 22.2. The zero-order chi connectivity index (χ0) is 28.2. The number of amidine groups is 1. The number of amides is 1. The fourth-order valence-corrected chi connectivity index (χ4v) is 5.96. The maximum Gasteiger partial charge on any atom is 0.271 e. The van der Waals surface area contributed by atoms with Crippen molar-refractivity contribution < 1.29 is 14.3 Å². The second-order valence-electron chi connectivity index (χ2n) is 9.27. The van der Waals surface area contributed by atoms with Crippen LogP contribution < -0.4 is 14.4 Å². The highest BCUT2D eigenvalue weighted by atomic mass is 127. The van der Waals surface area contributed by atoms with Crippen molar-refractivity contribution in [1.29, 1.82) is 0 Å². The summed E-state index contributed by atoms with van der Waals surface area (Å²) in [6.07, 6.45) is 1.87. The highest BCUT2D eigenvalue weighted by molar-refractivity contribution is 14.1. The number of benzene rings is 4. The zero-order valence-corrected chi connectivity index (χ0v) is 25.9. The van der Waals surface area contributed by atoms with Gasteiger partial charge in [0.2, 0.25) is 0 Å². The SMILES string of the molecule is COc1cc(/C=C2\SC(=Nc3ccc(C)cc3)N(c3ccc(C)cc3)C2=O)cc(I)c1OCc1ccc(Cl)cc1. The fraction of sp³-hybridized carbons (Fsp3) is 0.125. The van der Waals surface area contributed by atoms with Gasteiger partial charge in [-0.05, 0) is 114 Å². The molecule has 0 saturated carbocycles. The molecular formula is C32H26ClIN2O3S. The Morgan fingerprint density at radius 3 is 2.25 bits per heavy atom. The van der Waals surface area contributed by atoms with Crippen molar-refractivity contribution in [2.45, 2.75) is 20.5 Å². The van der Waals surface area contributed by atoms with Crippen LogP contribution in [-0.4, -0.2) is 18.2 Å². The molecule has 1 aliphatic rings. The van der Waals surface area contributed by atoms with Crippen molar-refractivity contribution in [2.75, 3.05) is 12.0 Å². The van der Waals surface area contributed by atoms with Gasteiger partial charge in [-0.3, -0.25) is 9.69 Å². The number of ether oxygens (including phenoxy) is 2. The molecule has 1 fully saturated rings. The first kappa shape index (κ1) is 28.3. The van der Waals surface area contributed by atoms with Gasteiger partial charge in [0, 0.05) is 5.02 Å². The van der Waals surface area contributed by atoms with Gasteiger partial charge >= 0.3 is 0 Å². The molecule has 1 aliphatic heterocycles. The third kappa shape index (κ3) is 6.54. The lowest BCUT2D eigenvalue weighted by molar-refractivity contribution is -0.113. The Morgan fingerprint density at radius 1 is 0.950 bits per heavy atom. The molecule has 1 saturated heterocycles. The standard InChI is InChI=1S/C32H26ClIN2O3S/c1-20-4-12-25(13-5-20)35-32-36(26-14-6-21(2)7-15-26)31(37)29(40-32)18-23-16-27(34)30(28(17-23)38-3)39-19-22-8-10-24(33)11-9-22/h4-18H,19H2,1-3H3/b29-18-,35-32?. The van der Waals surface area contributed by atoms with Crippen molar-refractivity contribution in [1.82, 2.24) is 0 Å². The van der Waals surface area contributed by atoms with Gasteiger partial charge in [-0.15, -0.1) is 0 Å². The second kappa shape index (κ2) is 12.5. The van der Waals surface area contributed by atoms with Crippen LogP contribution in [0.1, 0.15) is 22.3 Å². The van der Waals surface area contributed by atoms with Gasteiger partial charge in [-0.2, -0.15) is 0 Å². The molecule has 0 N–H and O–H groups in total. The maximum absolute atomic E-state index is 13.7. The first-order valence-corrected chi connectivity index (χ1v) is 14.8. The summed E-state index contributed by atoms with van der Waals surface area (Å²) in [5.74, 6) is 1.11. The number of methoxy groups -OCH3 is 1. The van der Waals surface area contributed by atoms with Crippen LogP contribution in [0.3, 0.4) is 0 Å². The van der Waals surface area contributed by atoms with Gasteiger partial charge in [-0.1, -0.05) is 59.1 Å². The molecule has 0 aliphatic carbocycles. The lowest BCUT2D eigenvalue weighted by Gasteiger charge is -2.16. The van der Waals surface area contributed by atoms with Crippen LogP contribution in [0.4, 0.5) is 11.4 Å². The molecular weight excluding hydrogens is 655 g/mol. The predicted octanol–water partition coefficient (Wildman–Crippen LogP) is 8.96. The summed E-state index contributed by atoms with van der Waals surface area (Å²) in [4.78, 5) is 20.8. The van der Waals surface area contributed by atoms with Crippen LogP contribution in [0.25, 0.3) is 6.08 Å². The van der Waals surface area contributed by atoms with Gasteiger partial charge in [0.05, 0.1) is 27.0 Å². The molecule has 40 heavy (non-hydrogen) atoms. The fourth-order valence-electron chi connectivity index (χ4n) is 4.05.